The molecule has 0 aromatic rings. The first-order valence-electron chi connectivity index (χ1n) is 6.19. The van der Waals surface area contributed by atoms with Gasteiger partial charge in [0.25, 0.3) is 0 Å². The lowest BCUT2D eigenvalue weighted by atomic mass is 10.0. The highest BCUT2D eigenvalue weighted by molar-refractivity contribution is 5.85. The fraction of sp³-hybridized carbons (Fsp3) is 0.833. The minimum absolute atomic E-state index is 0.0140. The lowest BCUT2D eigenvalue weighted by molar-refractivity contribution is -0.137. The quantitative estimate of drug-likeness (QED) is 0.614. The van der Waals surface area contributed by atoms with Crippen LogP contribution in [0.4, 0.5) is 0 Å². The highest BCUT2D eigenvalue weighted by Gasteiger charge is 2.31. The van der Waals surface area contributed by atoms with Crippen molar-refractivity contribution in [3.63, 3.8) is 0 Å². The molecule has 0 N–H and O–H groups in total. The van der Waals surface area contributed by atoms with Crippen molar-refractivity contribution in [2.24, 2.45) is 0 Å². The minimum Gasteiger partial charge on any atom is -0.343 e. The number of ketones is 1. The van der Waals surface area contributed by atoms with Crippen molar-refractivity contribution < 1.29 is 9.59 Å². The molecule has 2 aliphatic rings. The van der Waals surface area contributed by atoms with Gasteiger partial charge in [-0.15, -0.1) is 0 Å². The van der Waals surface area contributed by atoms with Crippen molar-refractivity contribution in [2.45, 2.75) is 38.1 Å². The van der Waals surface area contributed by atoms with Crippen LogP contribution in [-0.4, -0.2) is 54.2 Å². The van der Waals surface area contributed by atoms with E-state index in [2.05, 4.69) is 4.90 Å². The van der Waals surface area contributed by atoms with Crippen LogP contribution in [0.15, 0.2) is 0 Å². The monoisotopic (exact) mass is 224 g/mol. The van der Waals surface area contributed by atoms with Gasteiger partial charge in [0.15, 0.2) is 0 Å². The highest BCUT2D eigenvalue weighted by Crippen LogP contribution is 2.20. The van der Waals surface area contributed by atoms with Gasteiger partial charge in [0.05, 0.1) is 12.6 Å². The smallest absolute Gasteiger partial charge is 0.236 e. The number of rotatable bonds is 1. The molecule has 0 aromatic heterocycles. The molecule has 16 heavy (non-hydrogen) atoms. The number of nitrogens with zero attached hydrogens (tertiary/aromatic N) is 2. The van der Waals surface area contributed by atoms with Gasteiger partial charge in [0.2, 0.25) is 5.91 Å². The van der Waals surface area contributed by atoms with E-state index in [1.165, 1.54) is 0 Å². The van der Waals surface area contributed by atoms with Crippen LogP contribution in [0.25, 0.3) is 0 Å². The standard InChI is InChI=1S/C12H20N2O2/c1-13-7-8-14(9-12(13)16)10-5-3-2-4-6-11(10)15/h10H,2-9H2,1H3. The van der Waals surface area contributed by atoms with E-state index in [1.807, 2.05) is 7.05 Å². The molecular formula is C12H20N2O2. The lowest BCUT2D eigenvalue weighted by Gasteiger charge is -2.36. The highest BCUT2D eigenvalue weighted by atomic mass is 16.2. The summed E-state index contributed by atoms with van der Waals surface area (Å²) in [4.78, 5) is 27.4. The Morgan fingerprint density at radius 3 is 2.69 bits per heavy atom. The van der Waals surface area contributed by atoms with Gasteiger partial charge in [0.1, 0.15) is 5.78 Å². The SMILES string of the molecule is CN1CCN(C2CCCCCC2=O)CC1=O. The fourth-order valence-corrected chi connectivity index (χ4v) is 2.57. The van der Waals surface area contributed by atoms with Gasteiger partial charge in [-0.3, -0.25) is 14.5 Å². The number of piperazine rings is 1. The van der Waals surface area contributed by atoms with Gasteiger partial charge in [0, 0.05) is 26.6 Å². The van der Waals surface area contributed by atoms with Crippen LogP contribution in [0.1, 0.15) is 32.1 Å². The average Bonchev–Trinajstić information content (AvgIpc) is 2.47. The predicted octanol–water partition coefficient (Wildman–Crippen LogP) is 0.662. The van der Waals surface area contributed by atoms with Crippen molar-refractivity contribution in [1.82, 2.24) is 9.80 Å². The third kappa shape index (κ3) is 2.43. The third-order valence-electron chi connectivity index (χ3n) is 3.70. The Bertz CT molecular complexity index is 291. The summed E-state index contributed by atoms with van der Waals surface area (Å²) < 4.78 is 0. The first-order valence-corrected chi connectivity index (χ1v) is 6.19. The molecule has 1 saturated heterocycles. The zero-order valence-electron chi connectivity index (χ0n) is 9.95. The molecule has 0 spiro atoms. The van der Waals surface area contributed by atoms with Crippen LogP contribution < -0.4 is 0 Å². The van der Waals surface area contributed by atoms with Crippen molar-refractivity contribution in [2.75, 3.05) is 26.7 Å². The van der Waals surface area contributed by atoms with Crippen molar-refractivity contribution >= 4 is 11.7 Å². The Balaban J connectivity index is 2.00. The van der Waals surface area contributed by atoms with Crippen LogP contribution in [0, 0.1) is 0 Å². The van der Waals surface area contributed by atoms with E-state index < -0.39 is 0 Å². The Labute approximate surface area is 96.6 Å². The molecule has 2 fully saturated rings. The Hall–Kier alpha value is -0.900. The predicted molar refractivity (Wildman–Crippen MR) is 61.1 cm³/mol. The van der Waals surface area contributed by atoms with Gasteiger partial charge in [-0.25, -0.2) is 0 Å². The summed E-state index contributed by atoms with van der Waals surface area (Å²) in [5, 5.41) is 0. The molecule has 1 aliphatic heterocycles. The normalized spacial score (nSPS) is 29.3. The van der Waals surface area contributed by atoms with Crippen LogP contribution in [0.2, 0.25) is 0 Å². The van der Waals surface area contributed by atoms with E-state index in [-0.39, 0.29) is 11.9 Å². The molecule has 1 aliphatic carbocycles. The van der Waals surface area contributed by atoms with Crippen LogP contribution in [-0.2, 0) is 9.59 Å². The van der Waals surface area contributed by atoms with E-state index in [4.69, 9.17) is 0 Å². The molecule has 2 rings (SSSR count). The largest absolute Gasteiger partial charge is 0.343 e. The topological polar surface area (TPSA) is 40.6 Å². The van der Waals surface area contributed by atoms with Gasteiger partial charge in [-0.2, -0.15) is 0 Å². The summed E-state index contributed by atoms with van der Waals surface area (Å²) in [5.41, 5.74) is 0. The Morgan fingerprint density at radius 1 is 1.12 bits per heavy atom. The Morgan fingerprint density at radius 2 is 1.94 bits per heavy atom. The third-order valence-corrected chi connectivity index (χ3v) is 3.70. The van der Waals surface area contributed by atoms with E-state index in [0.717, 1.165) is 38.8 Å². The zero-order chi connectivity index (χ0) is 11.5. The van der Waals surface area contributed by atoms with Crippen molar-refractivity contribution in [3.8, 4) is 0 Å². The summed E-state index contributed by atoms with van der Waals surface area (Å²) in [6.45, 7) is 2.02. The maximum Gasteiger partial charge on any atom is 0.236 e. The maximum atomic E-state index is 11.9. The zero-order valence-corrected chi connectivity index (χ0v) is 9.95. The molecule has 1 amide bonds. The fourth-order valence-electron chi connectivity index (χ4n) is 2.57. The number of carbonyl (C=O) groups excluding carboxylic acids is 2. The van der Waals surface area contributed by atoms with Crippen molar-refractivity contribution in [3.05, 3.63) is 0 Å². The second-order valence-electron chi connectivity index (χ2n) is 4.87. The molecule has 0 aromatic carbocycles. The van der Waals surface area contributed by atoms with E-state index >= 15 is 0 Å². The van der Waals surface area contributed by atoms with Gasteiger partial charge < -0.3 is 4.90 Å². The first-order chi connectivity index (χ1) is 7.68. The minimum atomic E-state index is 0.0140. The lowest BCUT2D eigenvalue weighted by Crippen LogP contribution is -2.54. The van der Waals surface area contributed by atoms with Crippen LogP contribution in [0.3, 0.4) is 0 Å². The molecule has 4 nitrogen and oxygen atoms in total. The average molecular weight is 224 g/mol. The summed E-state index contributed by atoms with van der Waals surface area (Å²) in [7, 11) is 1.83. The number of hydrogen-bond acceptors (Lipinski definition) is 3. The number of Topliss-reactive ketones (excluding diaryl/α,β-unsaturated/α-hetero) is 1. The van der Waals surface area contributed by atoms with Gasteiger partial charge in [-0.1, -0.05) is 12.8 Å². The number of carbonyl (C=O) groups is 2. The molecule has 1 unspecified atom stereocenters. The second kappa shape index (κ2) is 4.95. The second-order valence-corrected chi connectivity index (χ2v) is 4.87. The molecule has 90 valence electrons. The van der Waals surface area contributed by atoms with Gasteiger partial charge >= 0.3 is 0 Å². The molecule has 0 bridgehead atoms. The van der Waals surface area contributed by atoms with Crippen LogP contribution >= 0.6 is 0 Å². The van der Waals surface area contributed by atoms with E-state index in [0.29, 0.717) is 18.7 Å². The number of amides is 1. The number of hydrogen-bond donors (Lipinski definition) is 0. The maximum absolute atomic E-state index is 11.9. The molecule has 1 atom stereocenters. The molecule has 1 saturated carbocycles. The van der Waals surface area contributed by atoms with Crippen LogP contribution in [0.5, 0.6) is 0 Å². The van der Waals surface area contributed by atoms with Gasteiger partial charge in [-0.05, 0) is 12.8 Å². The summed E-state index contributed by atoms with van der Waals surface area (Å²) in [5.74, 6) is 0.484. The van der Waals surface area contributed by atoms with E-state index in [9.17, 15) is 9.59 Å². The number of likely N-dealkylation sites (N-methyl/N-ethyl adjacent to an activating group) is 1. The molecule has 1 heterocycles. The molecule has 0 radical (unpaired) electrons. The molecular weight excluding hydrogens is 204 g/mol. The summed E-state index contributed by atoms with van der Waals surface area (Å²) in [6.07, 6.45) is 4.94. The first kappa shape index (κ1) is 11.6. The van der Waals surface area contributed by atoms with Crippen molar-refractivity contribution in [1.29, 1.82) is 0 Å². The molecule has 4 heteroatoms. The van der Waals surface area contributed by atoms with E-state index in [1.54, 1.807) is 4.90 Å². The Kier molecular flexibility index (Phi) is 3.59. The summed E-state index contributed by atoms with van der Waals surface area (Å²) >= 11 is 0. The summed E-state index contributed by atoms with van der Waals surface area (Å²) in [6, 6.07) is 0.0140.